The van der Waals surface area contributed by atoms with Crippen molar-refractivity contribution in [3.63, 3.8) is 0 Å². The zero-order chi connectivity index (χ0) is 47.7. The topological polar surface area (TPSA) is 210 Å². The molecule has 0 spiro atoms. The van der Waals surface area contributed by atoms with Crippen molar-refractivity contribution in [2.75, 3.05) is 27.9 Å². The third-order valence-electron chi connectivity index (χ3n) is 14.0. The third-order valence-corrected chi connectivity index (χ3v) is 14.0. The quantitative estimate of drug-likeness (QED) is 0.123. The number of rotatable bonds is 6. The maximum absolute atomic E-state index is 14.1. The van der Waals surface area contributed by atoms with Gasteiger partial charge < -0.3 is 49.4 Å². The number of nitrogens with zero attached hydrogens (tertiary/aromatic N) is 1. The Balaban J connectivity index is 1.96. The zero-order valence-corrected chi connectivity index (χ0v) is 40.0. The molecule has 3 rings (SSSR count). The maximum atomic E-state index is 14.1. The smallest absolute Gasteiger partial charge is 0.296 e. The standard InChI is InChI=1S/C50H81NO13/c1-31-19-13-11-10-12-14-20-32(2)44(54)46(63-9)45(55)35(5)27-33(3)40(53)30-42(34(4)28-37-24-25-39(52)43(29-37)62-8)64-49(58)38-22-17-18-26-51(38)48(57)47(56)50(59,60)36(6)21-15-16-23-41(31)61-7/h10-13,19,27,32-34,36-39,41-43,45-46,49,52,55,58-60H,14-18,20-26,28-30H2,1-9H3/b12-10+,13-11+,31-19+,35-27+/t32?,33-,34-,36?,37?,38?,39-,41+,42+,43-,45-,46?,49?/m1/s1. The fourth-order valence-corrected chi connectivity index (χ4v) is 9.46. The molecular weight excluding hydrogens is 823 g/mol. The first-order valence-corrected chi connectivity index (χ1v) is 23.6. The van der Waals surface area contributed by atoms with Crippen LogP contribution in [0.3, 0.4) is 0 Å². The highest BCUT2D eigenvalue weighted by molar-refractivity contribution is 6.38. The number of piperidine rings is 1. The Morgan fingerprint density at radius 3 is 2.19 bits per heavy atom. The lowest BCUT2D eigenvalue weighted by molar-refractivity contribution is -0.212. The molecule has 1 saturated heterocycles. The number of carbonyl (C=O) groups excluding carboxylic acids is 4. The Kier molecular flexibility index (Phi) is 23.4. The predicted octanol–water partition coefficient (Wildman–Crippen LogP) is 5.71. The molecule has 14 heteroatoms. The van der Waals surface area contributed by atoms with Gasteiger partial charge in [-0.2, -0.15) is 0 Å². The molecule has 13 atom stereocenters. The van der Waals surface area contributed by atoms with Crippen molar-refractivity contribution in [1.29, 1.82) is 0 Å². The van der Waals surface area contributed by atoms with E-state index in [1.54, 1.807) is 34.1 Å². The molecule has 0 aromatic rings. The Bertz CT molecular complexity index is 1620. The van der Waals surface area contributed by atoms with Gasteiger partial charge in [-0.05, 0) is 107 Å². The molecule has 1 saturated carbocycles. The summed E-state index contributed by atoms with van der Waals surface area (Å²) in [5.74, 6) is -8.20. The van der Waals surface area contributed by atoms with Crippen LogP contribution in [0.25, 0.3) is 0 Å². The molecule has 6 unspecified atom stereocenters. The molecule has 0 bridgehead atoms. The molecule has 2 heterocycles. The molecule has 2 aliphatic heterocycles. The molecule has 0 aromatic heterocycles. The van der Waals surface area contributed by atoms with Crippen LogP contribution in [-0.2, 0) is 38.1 Å². The van der Waals surface area contributed by atoms with E-state index in [1.807, 2.05) is 51.2 Å². The SMILES string of the molecule is COC1C(=O)C(C)CC/C=C/C=C/C=C(\C)[C@@H](OC)CCCCC(C)C(O)(O)C(=O)C(=O)N2CCCCC2C(O)O[C@H]([C@H](C)CC2CC[C@@H](O)[C@H](OC)C2)CC(=O)[C@H](C)/C=C(\C)[C@H]1O. The number of hydrogen-bond acceptors (Lipinski definition) is 13. The van der Waals surface area contributed by atoms with Gasteiger partial charge in [0, 0.05) is 52.0 Å². The Morgan fingerprint density at radius 2 is 1.52 bits per heavy atom. The van der Waals surface area contributed by atoms with E-state index in [2.05, 4.69) is 0 Å². The van der Waals surface area contributed by atoms with Crippen LogP contribution in [0.15, 0.2) is 47.6 Å². The number of hydrogen-bond donors (Lipinski definition) is 5. The Hall–Kier alpha value is -2.92. The molecule has 0 aromatic carbocycles. The number of ketones is 3. The van der Waals surface area contributed by atoms with E-state index in [0.29, 0.717) is 69.8 Å². The van der Waals surface area contributed by atoms with E-state index in [0.717, 1.165) is 12.0 Å². The highest BCUT2D eigenvalue weighted by Crippen LogP contribution is 2.35. The number of carbonyl (C=O) groups is 4. The minimum absolute atomic E-state index is 0.0893. The summed E-state index contributed by atoms with van der Waals surface area (Å²) in [6.07, 6.45) is 12.3. The lowest BCUT2D eigenvalue weighted by Crippen LogP contribution is -2.58. The number of ether oxygens (including phenoxy) is 4. The summed E-state index contributed by atoms with van der Waals surface area (Å²) in [7, 11) is 4.57. The van der Waals surface area contributed by atoms with Gasteiger partial charge in [0.05, 0.1) is 30.5 Å². The van der Waals surface area contributed by atoms with E-state index < -0.39 is 72.0 Å². The fraction of sp³-hybridized carbons (Fsp3) is 0.760. The van der Waals surface area contributed by atoms with Gasteiger partial charge in [-0.25, -0.2) is 0 Å². The number of Topliss-reactive ketones (excluding diaryl/α,β-unsaturated/α-hetero) is 3. The summed E-state index contributed by atoms with van der Waals surface area (Å²) in [5.41, 5.74) is 1.39. The molecule has 14 nitrogen and oxygen atoms in total. The molecule has 3 aliphatic rings. The largest absolute Gasteiger partial charge is 0.390 e. The first-order valence-electron chi connectivity index (χ1n) is 23.6. The number of allylic oxidation sites excluding steroid dienone is 6. The second-order valence-corrected chi connectivity index (χ2v) is 18.9. The average molecular weight is 904 g/mol. The van der Waals surface area contributed by atoms with Crippen LogP contribution in [0.5, 0.6) is 0 Å². The second-order valence-electron chi connectivity index (χ2n) is 18.9. The van der Waals surface area contributed by atoms with Crippen molar-refractivity contribution in [3.8, 4) is 0 Å². The molecule has 0 radical (unpaired) electrons. The van der Waals surface area contributed by atoms with Gasteiger partial charge in [-0.3, -0.25) is 19.2 Å². The van der Waals surface area contributed by atoms with Crippen LogP contribution < -0.4 is 0 Å². The van der Waals surface area contributed by atoms with E-state index in [-0.39, 0.29) is 61.4 Å². The molecule has 364 valence electrons. The number of aliphatic hydroxyl groups is 5. The summed E-state index contributed by atoms with van der Waals surface area (Å²) in [4.78, 5) is 56.3. The van der Waals surface area contributed by atoms with E-state index in [1.165, 1.54) is 18.9 Å². The van der Waals surface area contributed by atoms with Crippen LogP contribution in [-0.4, -0.2) is 136 Å². The van der Waals surface area contributed by atoms with Crippen LogP contribution in [0.2, 0.25) is 0 Å². The fourth-order valence-electron chi connectivity index (χ4n) is 9.46. The van der Waals surface area contributed by atoms with Crippen molar-refractivity contribution in [2.45, 2.75) is 186 Å². The predicted molar refractivity (Wildman–Crippen MR) is 244 cm³/mol. The number of aliphatic hydroxyl groups excluding tert-OH is 3. The van der Waals surface area contributed by atoms with Crippen molar-refractivity contribution in [1.82, 2.24) is 4.90 Å². The van der Waals surface area contributed by atoms with Gasteiger partial charge in [0.1, 0.15) is 18.0 Å². The highest BCUT2D eigenvalue weighted by Gasteiger charge is 2.47. The van der Waals surface area contributed by atoms with E-state index in [4.69, 9.17) is 18.9 Å². The minimum Gasteiger partial charge on any atom is -0.390 e. The van der Waals surface area contributed by atoms with Crippen LogP contribution in [0.4, 0.5) is 0 Å². The van der Waals surface area contributed by atoms with Crippen molar-refractivity contribution < 1.29 is 63.7 Å². The molecule has 1 aliphatic carbocycles. The molecule has 2 fully saturated rings. The Morgan fingerprint density at radius 1 is 0.828 bits per heavy atom. The summed E-state index contributed by atoms with van der Waals surface area (Å²) >= 11 is 0. The lowest BCUT2D eigenvalue weighted by atomic mass is 9.78. The number of methoxy groups -OCH3 is 3. The van der Waals surface area contributed by atoms with Gasteiger partial charge >= 0.3 is 0 Å². The van der Waals surface area contributed by atoms with Crippen molar-refractivity contribution >= 4 is 23.3 Å². The average Bonchev–Trinajstić information content (AvgIpc) is 3.27. The summed E-state index contributed by atoms with van der Waals surface area (Å²) in [5, 5.41) is 55.9. The number of fused-ring (bicyclic) bond motifs is 1. The third kappa shape index (κ3) is 15.9. The van der Waals surface area contributed by atoms with Crippen molar-refractivity contribution in [2.24, 2.45) is 29.6 Å². The first kappa shape index (κ1) is 55.4. The summed E-state index contributed by atoms with van der Waals surface area (Å²) in [6, 6.07) is -0.998. The van der Waals surface area contributed by atoms with Gasteiger partial charge in [-0.1, -0.05) is 77.0 Å². The maximum Gasteiger partial charge on any atom is 0.296 e. The van der Waals surface area contributed by atoms with Crippen LogP contribution >= 0.6 is 0 Å². The van der Waals surface area contributed by atoms with Gasteiger partial charge in [-0.15, -0.1) is 0 Å². The molecular formula is C50H81NO13. The van der Waals surface area contributed by atoms with Crippen molar-refractivity contribution in [3.05, 3.63) is 47.6 Å². The van der Waals surface area contributed by atoms with Crippen LogP contribution in [0, 0.1) is 29.6 Å². The molecule has 64 heavy (non-hydrogen) atoms. The van der Waals surface area contributed by atoms with Gasteiger partial charge in [0.2, 0.25) is 5.79 Å². The molecule has 1 amide bonds. The van der Waals surface area contributed by atoms with Gasteiger partial charge in [0.15, 0.2) is 12.1 Å². The lowest BCUT2D eigenvalue weighted by Gasteiger charge is -2.41. The van der Waals surface area contributed by atoms with E-state index in [9.17, 15) is 44.7 Å². The highest BCUT2D eigenvalue weighted by atomic mass is 16.6. The normalized spacial score (nSPS) is 37.8. The van der Waals surface area contributed by atoms with Gasteiger partial charge in [0.25, 0.3) is 11.7 Å². The minimum atomic E-state index is -2.94. The Labute approximate surface area is 382 Å². The second kappa shape index (κ2) is 27.0. The molecule has 5 N–H and O–H groups in total. The number of amides is 1. The summed E-state index contributed by atoms with van der Waals surface area (Å²) < 4.78 is 23.2. The summed E-state index contributed by atoms with van der Waals surface area (Å²) in [6.45, 7) is 10.7. The monoisotopic (exact) mass is 904 g/mol. The zero-order valence-electron chi connectivity index (χ0n) is 40.0. The van der Waals surface area contributed by atoms with E-state index >= 15 is 0 Å². The first-order chi connectivity index (χ1) is 30.3. The van der Waals surface area contributed by atoms with Crippen LogP contribution in [0.1, 0.15) is 131 Å².